The molecular formula is C17H14N4O2S2. The summed E-state index contributed by atoms with van der Waals surface area (Å²) >= 11 is 2.88. The maximum atomic E-state index is 12.5. The first-order valence-electron chi connectivity index (χ1n) is 7.34. The number of carbonyl (C=O) groups is 2. The van der Waals surface area contributed by atoms with Gasteiger partial charge in [-0.25, -0.2) is 0 Å². The molecule has 25 heavy (non-hydrogen) atoms. The van der Waals surface area contributed by atoms with Crippen LogP contribution in [0.15, 0.2) is 63.3 Å². The van der Waals surface area contributed by atoms with Crippen molar-refractivity contribution in [2.75, 3.05) is 10.6 Å². The molecule has 0 aliphatic carbocycles. The number of carbonyl (C=O) groups excluding carboxylic acids is 2. The molecule has 0 saturated carbocycles. The minimum atomic E-state index is -0.252. The Morgan fingerprint density at radius 1 is 1.08 bits per heavy atom. The van der Waals surface area contributed by atoms with E-state index in [1.54, 1.807) is 29.8 Å². The Balaban J connectivity index is 1.78. The maximum Gasteiger partial charge on any atom is 0.255 e. The van der Waals surface area contributed by atoms with Gasteiger partial charge < -0.3 is 10.6 Å². The molecule has 3 aromatic rings. The molecule has 6 nitrogen and oxygen atoms in total. The number of rotatable bonds is 5. The number of benzene rings is 2. The number of hydrogen-bond donors (Lipinski definition) is 2. The van der Waals surface area contributed by atoms with Crippen LogP contribution < -0.4 is 10.6 Å². The number of hydrogen-bond acceptors (Lipinski definition) is 6. The molecule has 3 rings (SSSR count). The van der Waals surface area contributed by atoms with Crippen LogP contribution >= 0.6 is 23.1 Å². The normalized spacial score (nSPS) is 10.3. The van der Waals surface area contributed by atoms with Crippen molar-refractivity contribution in [1.82, 2.24) is 10.2 Å². The van der Waals surface area contributed by atoms with Gasteiger partial charge in [0.2, 0.25) is 5.91 Å². The van der Waals surface area contributed by atoms with E-state index in [1.807, 2.05) is 24.3 Å². The third-order valence-electron chi connectivity index (χ3n) is 3.12. The molecule has 0 aliphatic heterocycles. The van der Waals surface area contributed by atoms with Crippen molar-refractivity contribution in [3.63, 3.8) is 0 Å². The summed E-state index contributed by atoms with van der Waals surface area (Å²) in [5.41, 5.74) is 3.40. The summed E-state index contributed by atoms with van der Waals surface area (Å²) < 4.78 is 0.800. The van der Waals surface area contributed by atoms with Crippen LogP contribution in [0.3, 0.4) is 0 Å². The van der Waals surface area contributed by atoms with Gasteiger partial charge in [-0.05, 0) is 30.3 Å². The van der Waals surface area contributed by atoms with Crippen LogP contribution in [0.25, 0.3) is 0 Å². The average molecular weight is 370 g/mol. The number of amides is 2. The molecule has 0 saturated heterocycles. The van der Waals surface area contributed by atoms with E-state index in [-0.39, 0.29) is 11.8 Å². The molecule has 0 unspecified atom stereocenters. The van der Waals surface area contributed by atoms with Crippen molar-refractivity contribution in [2.45, 2.75) is 16.2 Å². The fourth-order valence-electron chi connectivity index (χ4n) is 2.10. The first-order chi connectivity index (χ1) is 12.1. The molecule has 0 spiro atoms. The highest BCUT2D eigenvalue weighted by Gasteiger charge is 2.11. The van der Waals surface area contributed by atoms with E-state index in [0.717, 1.165) is 9.24 Å². The van der Waals surface area contributed by atoms with E-state index in [9.17, 15) is 9.59 Å². The molecule has 8 heteroatoms. The minimum absolute atomic E-state index is 0.184. The second-order valence-electron chi connectivity index (χ2n) is 5.02. The fraction of sp³-hybridized carbons (Fsp3) is 0.0588. The third kappa shape index (κ3) is 4.65. The summed E-state index contributed by atoms with van der Waals surface area (Å²) in [4.78, 5) is 24.6. The number of para-hydroxylation sites is 1. The molecule has 0 fully saturated rings. The molecule has 0 radical (unpaired) electrons. The van der Waals surface area contributed by atoms with Gasteiger partial charge in [0.15, 0.2) is 4.34 Å². The van der Waals surface area contributed by atoms with Crippen molar-refractivity contribution in [3.05, 3.63) is 59.6 Å². The predicted octanol–water partition coefficient (Wildman–Crippen LogP) is 3.90. The van der Waals surface area contributed by atoms with Crippen LogP contribution in [0.4, 0.5) is 11.4 Å². The van der Waals surface area contributed by atoms with Gasteiger partial charge in [-0.3, -0.25) is 9.59 Å². The molecule has 1 heterocycles. The van der Waals surface area contributed by atoms with Gasteiger partial charge in [0, 0.05) is 23.1 Å². The Labute approximate surface area is 152 Å². The third-order valence-corrected chi connectivity index (χ3v) is 4.97. The topological polar surface area (TPSA) is 84.0 Å². The molecule has 1 aromatic heterocycles. The largest absolute Gasteiger partial charge is 0.326 e. The summed E-state index contributed by atoms with van der Waals surface area (Å²) in [6.07, 6.45) is 0. The fourth-order valence-corrected chi connectivity index (χ4v) is 3.62. The van der Waals surface area contributed by atoms with E-state index < -0.39 is 0 Å². The van der Waals surface area contributed by atoms with E-state index >= 15 is 0 Å². The van der Waals surface area contributed by atoms with Crippen LogP contribution in [0.1, 0.15) is 17.3 Å². The van der Waals surface area contributed by atoms with E-state index in [1.165, 1.54) is 30.0 Å². The van der Waals surface area contributed by atoms with Crippen molar-refractivity contribution >= 4 is 46.3 Å². The van der Waals surface area contributed by atoms with Gasteiger partial charge in [0.05, 0.1) is 5.69 Å². The lowest BCUT2D eigenvalue weighted by atomic mass is 10.2. The highest BCUT2D eigenvalue weighted by Crippen LogP contribution is 2.34. The van der Waals surface area contributed by atoms with E-state index in [2.05, 4.69) is 20.8 Å². The summed E-state index contributed by atoms with van der Waals surface area (Å²) in [5, 5.41) is 13.4. The first kappa shape index (κ1) is 17.1. The van der Waals surface area contributed by atoms with Gasteiger partial charge in [0.25, 0.3) is 5.91 Å². The Morgan fingerprint density at radius 2 is 1.92 bits per heavy atom. The Kier molecular flexibility index (Phi) is 5.42. The molecule has 0 aliphatic rings. The summed E-state index contributed by atoms with van der Waals surface area (Å²) in [7, 11) is 0. The first-order valence-corrected chi connectivity index (χ1v) is 9.03. The maximum absolute atomic E-state index is 12.5. The Bertz CT molecular complexity index is 897. The standard InChI is InChI=1S/C17H14N4O2S2/c1-11(22)19-13-6-4-5-12(9-13)16(23)20-14-7-2-3-8-15(14)25-17-21-18-10-24-17/h2-10H,1H3,(H,19,22)(H,20,23). The van der Waals surface area contributed by atoms with Crippen LogP contribution in [0.5, 0.6) is 0 Å². The van der Waals surface area contributed by atoms with Crippen LogP contribution in [-0.4, -0.2) is 22.0 Å². The minimum Gasteiger partial charge on any atom is -0.326 e. The summed E-state index contributed by atoms with van der Waals surface area (Å²) in [6.45, 7) is 1.42. The lowest BCUT2D eigenvalue weighted by Crippen LogP contribution is -2.13. The quantitative estimate of drug-likeness (QED) is 0.712. The summed E-state index contributed by atoms with van der Waals surface area (Å²) in [5.74, 6) is -0.436. The molecule has 2 amide bonds. The Morgan fingerprint density at radius 3 is 2.68 bits per heavy atom. The van der Waals surface area contributed by atoms with Gasteiger partial charge in [0.1, 0.15) is 5.51 Å². The monoisotopic (exact) mass is 370 g/mol. The second kappa shape index (κ2) is 7.91. The number of nitrogens with zero attached hydrogens (tertiary/aromatic N) is 2. The summed E-state index contributed by atoms with van der Waals surface area (Å²) in [6, 6.07) is 14.3. The molecular weight excluding hydrogens is 356 g/mol. The van der Waals surface area contributed by atoms with Crippen molar-refractivity contribution in [3.8, 4) is 0 Å². The molecule has 126 valence electrons. The SMILES string of the molecule is CC(=O)Nc1cccc(C(=O)Nc2ccccc2Sc2nncs2)c1. The van der Waals surface area contributed by atoms with Crippen molar-refractivity contribution in [1.29, 1.82) is 0 Å². The van der Waals surface area contributed by atoms with E-state index in [0.29, 0.717) is 16.9 Å². The van der Waals surface area contributed by atoms with Gasteiger partial charge in [-0.15, -0.1) is 10.2 Å². The Hall–Kier alpha value is -2.71. The van der Waals surface area contributed by atoms with E-state index in [4.69, 9.17) is 0 Å². The number of nitrogens with one attached hydrogen (secondary N) is 2. The molecule has 0 bridgehead atoms. The molecule has 2 aromatic carbocycles. The van der Waals surface area contributed by atoms with Crippen LogP contribution in [0, 0.1) is 0 Å². The second-order valence-corrected chi connectivity index (χ2v) is 7.14. The van der Waals surface area contributed by atoms with Crippen LogP contribution in [0.2, 0.25) is 0 Å². The van der Waals surface area contributed by atoms with Gasteiger partial charge >= 0.3 is 0 Å². The smallest absolute Gasteiger partial charge is 0.255 e. The van der Waals surface area contributed by atoms with Crippen molar-refractivity contribution in [2.24, 2.45) is 0 Å². The van der Waals surface area contributed by atoms with Gasteiger partial charge in [-0.1, -0.05) is 41.3 Å². The molecule has 0 atom stereocenters. The highest BCUT2D eigenvalue weighted by molar-refractivity contribution is 8.01. The van der Waals surface area contributed by atoms with Crippen molar-refractivity contribution < 1.29 is 9.59 Å². The zero-order valence-electron chi connectivity index (χ0n) is 13.2. The lowest BCUT2D eigenvalue weighted by molar-refractivity contribution is -0.114. The zero-order valence-corrected chi connectivity index (χ0v) is 14.9. The zero-order chi connectivity index (χ0) is 17.6. The van der Waals surface area contributed by atoms with Gasteiger partial charge in [-0.2, -0.15) is 0 Å². The lowest BCUT2D eigenvalue weighted by Gasteiger charge is -2.10. The number of aromatic nitrogens is 2. The van der Waals surface area contributed by atoms with Crippen LogP contribution in [-0.2, 0) is 4.79 Å². The predicted molar refractivity (Wildman–Crippen MR) is 99.2 cm³/mol. The highest BCUT2D eigenvalue weighted by atomic mass is 32.2. The molecule has 2 N–H and O–H groups in total. The average Bonchev–Trinajstić information content (AvgIpc) is 3.09. The number of anilines is 2.